The highest BCUT2D eigenvalue weighted by molar-refractivity contribution is 4.99. The predicted octanol–water partition coefficient (Wildman–Crippen LogP) is 2.36. The second kappa shape index (κ2) is 5.98. The molecule has 0 saturated carbocycles. The van der Waals surface area contributed by atoms with Gasteiger partial charge in [0.25, 0.3) is 0 Å². The second-order valence-corrected chi connectivity index (χ2v) is 4.87. The van der Waals surface area contributed by atoms with Crippen molar-refractivity contribution in [3.05, 3.63) is 12.2 Å². The largest absolute Gasteiger partial charge is 0.391 e. The molecule has 0 N–H and O–H groups in total. The number of alkyl halides is 3. The topological polar surface area (TPSA) is 15.7 Å². The van der Waals surface area contributed by atoms with Crippen molar-refractivity contribution in [2.75, 3.05) is 39.4 Å². The summed E-state index contributed by atoms with van der Waals surface area (Å²) in [6, 6.07) is 0. The van der Waals surface area contributed by atoms with Gasteiger partial charge in [0.2, 0.25) is 0 Å². The fourth-order valence-electron chi connectivity index (χ4n) is 2.57. The summed E-state index contributed by atoms with van der Waals surface area (Å²) in [5, 5.41) is 0. The van der Waals surface area contributed by atoms with E-state index < -0.39 is 12.1 Å². The third kappa shape index (κ3) is 3.52. The zero-order chi connectivity index (χ0) is 13.9. The van der Waals surface area contributed by atoms with Gasteiger partial charge in [-0.25, -0.2) is 4.39 Å². The van der Waals surface area contributed by atoms with Crippen molar-refractivity contribution >= 4 is 0 Å². The summed E-state index contributed by atoms with van der Waals surface area (Å²) in [5.41, 5.74) is 0. The number of morpholine rings is 1. The van der Waals surface area contributed by atoms with E-state index in [-0.39, 0.29) is 25.9 Å². The van der Waals surface area contributed by atoms with Crippen LogP contribution < -0.4 is 0 Å². The quantitative estimate of drug-likeness (QED) is 0.723. The molecule has 2 aliphatic heterocycles. The summed E-state index contributed by atoms with van der Waals surface area (Å²) in [5.74, 6) is -0.863. The second-order valence-electron chi connectivity index (χ2n) is 4.87. The monoisotopic (exact) mass is 282 g/mol. The number of piperidine rings is 1. The zero-order valence-corrected chi connectivity index (χ0v) is 10.6. The fourth-order valence-corrected chi connectivity index (χ4v) is 2.57. The first kappa shape index (κ1) is 14.4. The van der Waals surface area contributed by atoms with Crippen molar-refractivity contribution in [3.8, 4) is 0 Å². The average molecular weight is 282 g/mol. The van der Waals surface area contributed by atoms with Crippen LogP contribution in [0.4, 0.5) is 17.6 Å². The maximum Gasteiger partial charge on any atom is 0.391 e. The highest BCUT2D eigenvalue weighted by atomic mass is 19.4. The van der Waals surface area contributed by atoms with E-state index in [0.29, 0.717) is 38.5 Å². The maximum absolute atomic E-state index is 13.0. The van der Waals surface area contributed by atoms with Gasteiger partial charge in [0.1, 0.15) is 12.2 Å². The van der Waals surface area contributed by atoms with Gasteiger partial charge in [-0.1, -0.05) is 0 Å². The molecule has 2 rings (SSSR count). The normalized spacial score (nSPS) is 23.9. The molecule has 3 nitrogen and oxygen atoms in total. The lowest BCUT2D eigenvalue weighted by Crippen LogP contribution is -2.46. The van der Waals surface area contributed by atoms with Crippen LogP contribution in [0.25, 0.3) is 0 Å². The van der Waals surface area contributed by atoms with Gasteiger partial charge in [-0.15, -0.1) is 0 Å². The molecule has 0 bridgehead atoms. The van der Waals surface area contributed by atoms with Crippen LogP contribution in [0.1, 0.15) is 12.8 Å². The lowest BCUT2D eigenvalue weighted by atomic mass is 9.96. The van der Waals surface area contributed by atoms with E-state index in [1.54, 1.807) is 4.90 Å². The Kier molecular flexibility index (Phi) is 4.54. The van der Waals surface area contributed by atoms with Crippen LogP contribution in [0.2, 0.25) is 0 Å². The molecule has 110 valence electrons. The lowest BCUT2D eigenvalue weighted by molar-refractivity contribution is -0.184. The summed E-state index contributed by atoms with van der Waals surface area (Å²) in [6.07, 6.45) is -3.57. The minimum atomic E-state index is -4.13. The number of rotatable bonds is 2. The predicted molar refractivity (Wildman–Crippen MR) is 61.9 cm³/mol. The van der Waals surface area contributed by atoms with Gasteiger partial charge in [-0.05, 0) is 12.8 Å². The molecule has 0 aromatic heterocycles. The number of ether oxygens (including phenoxy) is 1. The fraction of sp³-hybridized carbons (Fsp3) is 0.833. The highest BCUT2D eigenvalue weighted by Gasteiger charge is 2.41. The summed E-state index contributed by atoms with van der Waals surface area (Å²) in [7, 11) is 0. The molecule has 7 heteroatoms. The van der Waals surface area contributed by atoms with Gasteiger partial charge in [0.15, 0.2) is 0 Å². The van der Waals surface area contributed by atoms with Crippen LogP contribution in [0, 0.1) is 5.92 Å². The highest BCUT2D eigenvalue weighted by Crippen LogP contribution is 2.35. The van der Waals surface area contributed by atoms with E-state index in [4.69, 9.17) is 4.74 Å². The van der Waals surface area contributed by atoms with Gasteiger partial charge in [-0.2, -0.15) is 13.2 Å². The molecule has 2 fully saturated rings. The van der Waals surface area contributed by atoms with E-state index in [1.807, 2.05) is 4.90 Å². The van der Waals surface area contributed by atoms with Crippen LogP contribution >= 0.6 is 0 Å². The minimum Gasteiger partial charge on any atom is -0.378 e. The standard InChI is InChI=1S/C12H18F4N2O/c13-9-11(18-5-7-19-8-6-18)17-3-1-10(2-4-17)12(14,15)16/h9-10H,1-8H2/b11-9+. The van der Waals surface area contributed by atoms with Crippen LogP contribution in [-0.4, -0.2) is 55.4 Å². The van der Waals surface area contributed by atoms with E-state index in [2.05, 4.69) is 0 Å². The Morgan fingerprint density at radius 2 is 1.53 bits per heavy atom. The van der Waals surface area contributed by atoms with Crippen LogP contribution in [0.15, 0.2) is 12.2 Å². The summed E-state index contributed by atoms with van der Waals surface area (Å²) < 4.78 is 55.9. The number of halogens is 4. The Morgan fingerprint density at radius 1 is 1.00 bits per heavy atom. The third-order valence-corrected chi connectivity index (χ3v) is 3.71. The molecule has 2 heterocycles. The van der Waals surface area contributed by atoms with Gasteiger partial charge in [0, 0.05) is 26.2 Å². The Labute approximate surface area is 109 Å². The molecule has 0 spiro atoms. The molecule has 0 radical (unpaired) electrons. The molecule has 19 heavy (non-hydrogen) atoms. The Hall–Kier alpha value is -0.980. The molecule has 2 saturated heterocycles. The first-order valence-electron chi connectivity index (χ1n) is 6.47. The van der Waals surface area contributed by atoms with E-state index in [1.165, 1.54) is 0 Å². The molecule has 0 amide bonds. The lowest BCUT2D eigenvalue weighted by Gasteiger charge is -2.40. The summed E-state index contributed by atoms with van der Waals surface area (Å²) in [4.78, 5) is 3.53. The number of likely N-dealkylation sites (tertiary alicyclic amines) is 1. The maximum atomic E-state index is 13.0. The molecule has 0 unspecified atom stereocenters. The van der Waals surface area contributed by atoms with Crippen LogP contribution in [0.3, 0.4) is 0 Å². The van der Waals surface area contributed by atoms with Gasteiger partial charge in [0.05, 0.1) is 19.1 Å². The van der Waals surface area contributed by atoms with Gasteiger partial charge in [-0.3, -0.25) is 0 Å². The molecule has 0 aromatic rings. The average Bonchev–Trinajstić information content (AvgIpc) is 2.40. The summed E-state index contributed by atoms with van der Waals surface area (Å²) >= 11 is 0. The van der Waals surface area contributed by atoms with E-state index in [9.17, 15) is 17.6 Å². The van der Waals surface area contributed by atoms with E-state index >= 15 is 0 Å². The first-order chi connectivity index (χ1) is 9.02. The van der Waals surface area contributed by atoms with Crippen molar-refractivity contribution in [1.29, 1.82) is 0 Å². The summed E-state index contributed by atoms with van der Waals surface area (Å²) in [6.45, 7) is 2.70. The van der Waals surface area contributed by atoms with Crippen LogP contribution in [0.5, 0.6) is 0 Å². The van der Waals surface area contributed by atoms with Crippen molar-refractivity contribution in [2.45, 2.75) is 19.0 Å². The van der Waals surface area contributed by atoms with Crippen molar-refractivity contribution in [3.63, 3.8) is 0 Å². The van der Waals surface area contributed by atoms with Crippen LogP contribution in [-0.2, 0) is 4.74 Å². The molecule has 0 atom stereocenters. The molecular formula is C12H18F4N2O. The number of hydrogen-bond donors (Lipinski definition) is 0. The Balaban J connectivity index is 1.92. The zero-order valence-electron chi connectivity index (χ0n) is 10.6. The third-order valence-electron chi connectivity index (χ3n) is 3.71. The SMILES string of the molecule is F/C=C(/N1CCOCC1)N1CCC(C(F)(F)F)CC1. The van der Waals surface area contributed by atoms with Gasteiger partial charge < -0.3 is 14.5 Å². The Bertz CT molecular complexity index is 318. The molecular weight excluding hydrogens is 264 g/mol. The molecule has 0 aliphatic carbocycles. The van der Waals surface area contributed by atoms with Crippen molar-refractivity contribution < 1.29 is 22.3 Å². The number of nitrogens with zero attached hydrogens (tertiary/aromatic N) is 2. The van der Waals surface area contributed by atoms with Crippen molar-refractivity contribution in [1.82, 2.24) is 9.80 Å². The van der Waals surface area contributed by atoms with E-state index in [0.717, 1.165) is 0 Å². The smallest absolute Gasteiger partial charge is 0.378 e. The van der Waals surface area contributed by atoms with Gasteiger partial charge >= 0.3 is 6.18 Å². The molecule has 0 aromatic carbocycles. The first-order valence-corrected chi connectivity index (χ1v) is 6.47. The minimum absolute atomic E-state index is 0.0329. The molecule has 2 aliphatic rings. The number of hydrogen-bond acceptors (Lipinski definition) is 3. The Morgan fingerprint density at radius 3 is 2.00 bits per heavy atom. The van der Waals surface area contributed by atoms with Crippen molar-refractivity contribution in [2.24, 2.45) is 5.92 Å².